The summed E-state index contributed by atoms with van der Waals surface area (Å²) >= 11 is 1.59. The van der Waals surface area contributed by atoms with E-state index in [0.29, 0.717) is 0 Å². The number of thiazole rings is 1. The molecule has 0 N–H and O–H groups in total. The third-order valence-electron chi connectivity index (χ3n) is 3.82. The summed E-state index contributed by atoms with van der Waals surface area (Å²) in [4.78, 5) is 17.0. The van der Waals surface area contributed by atoms with Crippen molar-refractivity contribution in [3.63, 3.8) is 0 Å². The average Bonchev–Trinajstić information content (AvgIpc) is 3.26. The van der Waals surface area contributed by atoms with Gasteiger partial charge in [0.2, 0.25) is 0 Å². The summed E-state index contributed by atoms with van der Waals surface area (Å²) < 4.78 is 3.22. The molecule has 1 amide bonds. The molecule has 20 heavy (non-hydrogen) atoms. The molecule has 3 aromatic rings. The van der Waals surface area contributed by atoms with Gasteiger partial charge < -0.3 is 4.57 Å². The van der Waals surface area contributed by atoms with Crippen molar-refractivity contribution < 1.29 is 4.79 Å². The Morgan fingerprint density at radius 2 is 2.05 bits per heavy atom. The normalized spacial score (nSPS) is 16.1. The highest BCUT2D eigenvalue weighted by atomic mass is 32.1. The molecule has 0 spiro atoms. The van der Waals surface area contributed by atoms with Crippen molar-refractivity contribution in [1.82, 2.24) is 4.57 Å². The number of hydrogen-bond acceptors (Lipinski definition) is 2. The van der Waals surface area contributed by atoms with Crippen molar-refractivity contribution in [3.05, 3.63) is 41.2 Å². The molecule has 1 saturated carbocycles. The summed E-state index contributed by atoms with van der Waals surface area (Å²) in [5.41, 5.74) is 1.16. The number of carbonyl (C=O) groups excluding carboxylic acids is 1. The minimum atomic E-state index is 0.0384. The number of benzene rings is 2. The minimum absolute atomic E-state index is 0.0384. The second-order valence-electron chi connectivity index (χ2n) is 5.30. The zero-order chi connectivity index (χ0) is 13.7. The number of rotatable bonds is 1. The lowest BCUT2D eigenvalue weighted by Crippen LogP contribution is -2.13. The molecule has 1 heterocycles. The Balaban J connectivity index is 2.03. The summed E-state index contributed by atoms with van der Waals surface area (Å²) in [6.07, 6.45) is 2.00. The lowest BCUT2D eigenvalue weighted by Gasteiger charge is -2.01. The maximum Gasteiger partial charge on any atom is 0.251 e. The Morgan fingerprint density at radius 3 is 2.85 bits per heavy atom. The largest absolute Gasteiger partial charge is 0.319 e. The first-order chi connectivity index (χ1) is 9.74. The Morgan fingerprint density at radius 1 is 1.25 bits per heavy atom. The molecule has 3 nitrogen and oxygen atoms in total. The van der Waals surface area contributed by atoms with E-state index >= 15 is 0 Å². The Bertz CT molecular complexity index is 900. The van der Waals surface area contributed by atoms with E-state index in [1.165, 1.54) is 15.5 Å². The van der Waals surface area contributed by atoms with Gasteiger partial charge in [0.05, 0.1) is 10.2 Å². The molecule has 1 aliphatic rings. The van der Waals surface area contributed by atoms with Gasteiger partial charge in [0.25, 0.3) is 5.91 Å². The van der Waals surface area contributed by atoms with Gasteiger partial charge in [0, 0.05) is 18.4 Å². The summed E-state index contributed by atoms with van der Waals surface area (Å²) in [5.74, 6) is 0.216. The van der Waals surface area contributed by atoms with Crippen LogP contribution in [0.3, 0.4) is 0 Å². The van der Waals surface area contributed by atoms with Crippen LogP contribution in [0.15, 0.2) is 41.4 Å². The fourth-order valence-electron chi connectivity index (χ4n) is 2.54. The predicted octanol–water partition coefficient (Wildman–Crippen LogP) is 3.23. The van der Waals surface area contributed by atoms with Crippen molar-refractivity contribution >= 4 is 38.2 Å². The van der Waals surface area contributed by atoms with Crippen LogP contribution in [0.2, 0.25) is 0 Å². The van der Waals surface area contributed by atoms with Gasteiger partial charge in [0.1, 0.15) is 0 Å². The quantitative estimate of drug-likeness (QED) is 0.674. The Kier molecular flexibility index (Phi) is 2.54. The van der Waals surface area contributed by atoms with Gasteiger partial charge in [-0.25, -0.2) is 0 Å². The second kappa shape index (κ2) is 4.28. The van der Waals surface area contributed by atoms with Gasteiger partial charge >= 0.3 is 0 Å². The summed E-state index contributed by atoms with van der Waals surface area (Å²) in [7, 11) is 1.99. The van der Waals surface area contributed by atoms with Gasteiger partial charge in [-0.3, -0.25) is 4.79 Å². The lowest BCUT2D eigenvalue weighted by molar-refractivity contribution is -0.119. The van der Waals surface area contributed by atoms with E-state index in [-0.39, 0.29) is 11.8 Å². The van der Waals surface area contributed by atoms with Gasteiger partial charge in [-0.15, -0.1) is 0 Å². The van der Waals surface area contributed by atoms with E-state index in [4.69, 9.17) is 0 Å². The summed E-state index contributed by atoms with van der Waals surface area (Å²) in [6, 6.07) is 12.6. The Labute approximate surface area is 120 Å². The molecule has 1 aromatic heterocycles. The molecular weight excluding hydrogens is 268 g/mol. The van der Waals surface area contributed by atoms with Crippen LogP contribution in [0.4, 0.5) is 0 Å². The van der Waals surface area contributed by atoms with E-state index in [1.54, 1.807) is 11.3 Å². The van der Waals surface area contributed by atoms with Gasteiger partial charge in [0.15, 0.2) is 4.80 Å². The van der Waals surface area contributed by atoms with Crippen LogP contribution >= 0.6 is 11.3 Å². The van der Waals surface area contributed by atoms with Gasteiger partial charge in [-0.1, -0.05) is 41.7 Å². The zero-order valence-corrected chi connectivity index (χ0v) is 12.0. The number of fused-ring (bicyclic) bond motifs is 3. The summed E-state index contributed by atoms with van der Waals surface area (Å²) in [6.45, 7) is 0. The molecular formula is C16H14N2OS. The molecule has 4 heteroatoms. The van der Waals surface area contributed by atoms with E-state index in [1.807, 2.05) is 23.7 Å². The van der Waals surface area contributed by atoms with Crippen molar-refractivity contribution in [3.8, 4) is 0 Å². The topological polar surface area (TPSA) is 34.4 Å². The van der Waals surface area contributed by atoms with Crippen LogP contribution in [-0.2, 0) is 11.8 Å². The van der Waals surface area contributed by atoms with E-state index in [2.05, 4.69) is 29.3 Å². The molecule has 1 fully saturated rings. The second-order valence-corrected chi connectivity index (χ2v) is 6.31. The first-order valence-electron chi connectivity index (χ1n) is 6.80. The predicted molar refractivity (Wildman–Crippen MR) is 81.6 cm³/mol. The zero-order valence-electron chi connectivity index (χ0n) is 11.2. The number of nitrogens with zero attached hydrogens (tertiary/aromatic N) is 2. The molecule has 0 atom stereocenters. The fraction of sp³-hybridized carbons (Fsp3) is 0.250. The maximum absolute atomic E-state index is 11.9. The fourth-order valence-corrected chi connectivity index (χ4v) is 3.58. The van der Waals surface area contributed by atoms with Gasteiger partial charge in [-0.05, 0) is 24.3 Å². The van der Waals surface area contributed by atoms with Crippen LogP contribution in [0, 0.1) is 5.92 Å². The molecule has 0 radical (unpaired) electrons. The monoisotopic (exact) mass is 282 g/mol. The van der Waals surface area contributed by atoms with Crippen LogP contribution in [0.5, 0.6) is 0 Å². The third-order valence-corrected chi connectivity index (χ3v) is 4.92. The SMILES string of the molecule is Cn1c(=NC(=O)C2CC2)sc2ccc3ccccc3c21. The molecule has 2 aromatic carbocycles. The van der Waals surface area contributed by atoms with E-state index < -0.39 is 0 Å². The highest BCUT2D eigenvalue weighted by molar-refractivity contribution is 7.16. The lowest BCUT2D eigenvalue weighted by atomic mass is 10.1. The standard InChI is InChI=1S/C16H14N2OS/c1-18-14-12-5-3-2-4-10(12)8-9-13(14)20-16(18)17-15(19)11-6-7-11/h2-5,8-9,11H,6-7H2,1H3. The highest BCUT2D eigenvalue weighted by Crippen LogP contribution is 2.30. The molecule has 0 bridgehead atoms. The van der Waals surface area contributed by atoms with Crippen LogP contribution in [0.1, 0.15) is 12.8 Å². The van der Waals surface area contributed by atoms with Crippen molar-refractivity contribution in [2.75, 3.05) is 0 Å². The highest BCUT2D eigenvalue weighted by Gasteiger charge is 2.29. The third kappa shape index (κ3) is 1.79. The molecule has 0 saturated heterocycles. The first-order valence-corrected chi connectivity index (χ1v) is 7.61. The first kappa shape index (κ1) is 11.9. The number of aryl methyl sites for hydroxylation is 1. The number of carbonyl (C=O) groups is 1. The molecule has 0 aliphatic heterocycles. The minimum Gasteiger partial charge on any atom is -0.319 e. The van der Waals surface area contributed by atoms with Crippen LogP contribution in [-0.4, -0.2) is 10.5 Å². The molecule has 0 unspecified atom stereocenters. The number of aromatic nitrogens is 1. The molecule has 1 aliphatic carbocycles. The number of hydrogen-bond donors (Lipinski definition) is 0. The molecule has 100 valence electrons. The maximum atomic E-state index is 11.9. The van der Waals surface area contributed by atoms with Crippen LogP contribution < -0.4 is 4.80 Å². The van der Waals surface area contributed by atoms with Crippen molar-refractivity contribution in [2.45, 2.75) is 12.8 Å². The average molecular weight is 282 g/mol. The molecule has 4 rings (SSSR count). The van der Waals surface area contributed by atoms with Gasteiger partial charge in [-0.2, -0.15) is 4.99 Å². The van der Waals surface area contributed by atoms with E-state index in [9.17, 15) is 4.79 Å². The van der Waals surface area contributed by atoms with Crippen LogP contribution in [0.25, 0.3) is 21.0 Å². The Hall–Kier alpha value is -1.94. The van der Waals surface area contributed by atoms with Crippen molar-refractivity contribution in [2.24, 2.45) is 18.0 Å². The van der Waals surface area contributed by atoms with Crippen molar-refractivity contribution in [1.29, 1.82) is 0 Å². The van der Waals surface area contributed by atoms with E-state index in [0.717, 1.165) is 23.2 Å². The number of amides is 1. The summed E-state index contributed by atoms with van der Waals surface area (Å²) in [5, 5.41) is 2.43. The smallest absolute Gasteiger partial charge is 0.251 e.